The van der Waals surface area contributed by atoms with E-state index in [1.807, 2.05) is 12.4 Å². The maximum absolute atomic E-state index is 4.56. The minimum absolute atomic E-state index is 0.284. The second-order valence-corrected chi connectivity index (χ2v) is 15.8. The molecule has 1 unspecified atom stereocenters. The summed E-state index contributed by atoms with van der Waals surface area (Å²) < 4.78 is 2.48. The van der Waals surface area contributed by atoms with E-state index in [0.29, 0.717) is 0 Å². The summed E-state index contributed by atoms with van der Waals surface area (Å²) in [5.74, 6) is 0. The molecular weight excluding hydrogens is 713 g/mol. The van der Waals surface area contributed by atoms with Crippen LogP contribution in [0.4, 0.5) is 0 Å². The van der Waals surface area contributed by atoms with Crippen molar-refractivity contribution in [3.8, 4) is 44.5 Å². The van der Waals surface area contributed by atoms with Crippen LogP contribution in [0.5, 0.6) is 0 Å². The van der Waals surface area contributed by atoms with Crippen LogP contribution in [0.25, 0.3) is 109 Å². The third-order valence-electron chi connectivity index (χ3n) is 12.6. The van der Waals surface area contributed by atoms with Gasteiger partial charge in [0, 0.05) is 28.7 Å². The molecule has 2 nitrogen and oxygen atoms in total. The zero-order valence-electron chi connectivity index (χ0n) is 32.4. The number of hydrogen-bond donors (Lipinski definition) is 0. The molecule has 0 bridgehead atoms. The van der Waals surface area contributed by atoms with Crippen molar-refractivity contribution in [2.45, 2.75) is 12.5 Å². The smallest absolute Gasteiger partial charge is 0.0560 e. The van der Waals surface area contributed by atoms with Gasteiger partial charge in [-0.2, -0.15) is 0 Å². The summed E-state index contributed by atoms with van der Waals surface area (Å²) >= 11 is 0. The van der Waals surface area contributed by atoms with Crippen molar-refractivity contribution < 1.29 is 0 Å². The standard InChI is InChI=1S/C57H38N2/c1-2-15-41(16-3-1)59-54-32-29-40(35-52(54)53-36-58-34-33-55(53)59)44-31-30-43(45-18-6-7-19-46(44)45)38-25-27-39(28-26-38)56-48-20-8-10-22-50(48)57(51-23-11-9-21-49(51)56)47-24-12-14-37-13-4-5-17-42(37)47/h1-15,17-36,41H,16H2. The molecule has 1 atom stereocenters. The predicted molar refractivity (Wildman–Crippen MR) is 251 cm³/mol. The van der Waals surface area contributed by atoms with E-state index < -0.39 is 0 Å². The molecule has 0 aliphatic heterocycles. The van der Waals surface area contributed by atoms with Crippen LogP contribution in [-0.2, 0) is 0 Å². The van der Waals surface area contributed by atoms with Crippen molar-refractivity contribution in [2.75, 3.05) is 0 Å². The Morgan fingerprint density at radius 2 is 0.983 bits per heavy atom. The molecule has 11 aromatic rings. The summed E-state index contributed by atoms with van der Waals surface area (Å²) in [5.41, 5.74) is 12.4. The van der Waals surface area contributed by atoms with E-state index in [1.54, 1.807) is 0 Å². The number of rotatable bonds is 5. The Kier molecular flexibility index (Phi) is 7.71. The maximum atomic E-state index is 4.56. The predicted octanol–water partition coefficient (Wildman–Crippen LogP) is 15.5. The molecule has 0 amide bonds. The van der Waals surface area contributed by atoms with Gasteiger partial charge in [0.1, 0.15) is 0 Å². The van der Waals surface area contributed by atoms with Crippen LogP contribution in [0.3, 0.4) is 0 Å². The van der Waals surface area contributed by atoms with Gasteiger partial charge in [-0.15, -0.1) is 0 Å². The third-order valence-corrected chi connectivity index (χ3v) is 12.6. The van der Waals surface area contributed by atoms with Crippen LogP contribution in [0.1, 0.15) is 12.5 Å². The highest BCUT2D eigenvalue weighted by Crippen LogP contribution is 2.46. The lowest BCUT2D eigenvalue weighted by Gasteiger charge is -2.19. The minimum Gasteiger partial charge on any atom is -0.333 e. The van der Waals surface area contributed by atoms with Crippen molar-refractivity contribution in [2.24, 2.45) is 0 Å². The lowest BCUT2D eigenvalue weighted by molar-refractivity contribution is 0.648. The molecule has 12 rings (SSSR count). The highest BCUT2D eigenvalue weighted by Gasteiger charge is 2.20. The molecule has 0 saturated carbocycles. The highest BCUT2D eigenvalue weighted by atomic mass is 15.0. The van der Waals surface area contributed by atoms with Crippen LogP contribution in [0.2, 0.25) is 0 Å². The van der Waals surface area contributed by atoms with E-state index in [4.69, 9.17) is 0 Å². The van der Waals surface area contributed by atoms with E-state index >= 15 is 0 Å². The SMILES string of the molecule is C1=CCC(n2c3ccncc3c3cc(-c4ccc(-c5ccc(-c6c7ccccc7c(-c7cccc8ccccc78)c7ccccc67)cc5)c5ccccc45)ccc32)C=C1. The summed E-state index contributed by atoms with van der Waals surface area (Å²) in [6, 6.07) is 65.4. The van der Waals surface area contributed by atoms with Crippen molar-refractivity contribution in [3.63, 3.8) is 0 Å². The number of hydrogen-bond acceptors (Lipinski definition) is 1. The largest absolute Gasteiger partial charge is 0.333 e. The highest BCUT2D eigenvalue weighted by molar-refractivity contribution is 6.23. The van der Waals surface area contributed by atoms with E-state index in [-0.39, 0.29) is 6.04 Å². The van der Waals surface area contributed by atoms with E-state index in [9.17, 15) is 0 Å². The van der Waals surface area contributed by atoms with Gasteiger partial charge in [0.2, 0.25) is 0 Å². The Labute approximate surface area is 342 Å². The average molecular weight is 751 g/mol. The van der Waals surface area contributed by atoms with Crippen LogP contribution in [0, 0.1) is 0 Å². The van der Waals surface area contributed by atoms with Gasteiger partial charge in [-0.05, 0) is 112 Å². The van der Waals surface area contributed by atoms with Gasteiger partial charge < -0.3 is 4.57 Å². The first kappa shape index (κ1) is 33.6. The van der Waals surface area contributed by atoms with Gasteiger partial charge in [0.25, 0.3) is 0 Å². The fraction of sp³-hybridized carbons (Fsp3) is 0.0351. The number of fused-ring (bicyclic) bond motifs is 7. The lowest BCUT2D eigenvalue weighted by Crippen LogP contribution is -2.06. The van der Waals surface area contributed by atoms with Crippen molar-refractivity contribution >= 4 is 64.9 Å². The quantitative estimate of drug-likeness (QED) is 0.160. The average Bonchev–Trinajstić information content (AvgIpc) is 3.64. The first-order valence-electron chi connectivity index (χ1n) is 20.6. The summed E-state index contributed by atoms with van der Waals surface area (Å²) in [5, 5.41) is 12.5. The Morgan fingerprint density at radius 3 is 1.68 bits per heavy atom. The molecule has 2 heteroatoms. The fourth-order valence-corrected chi connectivity index (χ4v) is 9.97. The molecule has 9 aromatic carbocycles. The first-order valence-corrected chi connectivity index (χ1v) is 20.6. The lowest BCUT2D eigenvalue weighted by atomic mass is 9.84. The molecule has 2 aromatic heterocycles. The topological polar surface area (TPSA) is 17.8 Å². The maximum Gasteiger partial charge on any atom is 0.0560 e. The van der Waals surface area contributed by atoms with Gasteiger partial charge in [-0.25, -0.2) is 0 Å². The van der Waals surface area contributed by atoms with Crippen LogP contribution < -0.4 is 0 Å². The molecule has 59 heavy (non-hydrogen) atoms. The minimum atomic E-state index is 0.284. The van der Waals surface area contributed by atoms with Crippen molar-refractivity contribution in [3.05, 3.63) is 213 Å². The van der Waals surface area contributed by atoms with E-state index in [2.05, 4.69) is 210 Å². The number of pyridine rings is 1. The van der Waals surface area contributed by atoms with Gasteiger partial charge in [0.15, 0.2) is 0 Å². The normalized spacial score (nSPS) is 14.1. The van der Waals surface area contributed by atoms with Gasteiger partial charge in [-0.3, -0.25) is 4.98 Å². The van der Waals surface area contributed by atoms with E-state index in [0.717, 1.165) is 6.42 Å². The zero-order chi connectivity index (χ0) is 38.9. The molecule has 0 radical (unpaired) electrons. The van der Waals surface area contributed by atoms with Crippen molar-refractivity contribution in [1.29, 1.82) is 0 Å². The van der Waals surface area contributed by atoms with Crippen LogP contribution in [-0.4, -0.2) is 9.55 Å². The second-order valence-electron chi connectivity index (χ2n) is 15.8. The Morgan fingerprint density at radius 1 is 0.407 bits per heavy atom. The van der Waals surface area contributed by atoms with E-state index in [1.165, 1.54) is 109 Å². The Bertz CT molecular complexity index is 3470. The van der Waals surface area contributed by atoms with Gasteiger partial charge in [-0.1, -0.05) is 182 Å². The summed E-state index contributed by atoms with van der Waals surface area (Å²) in [6.07, 6.45) is 13.8. The summed E-state index contributed by atoms with van der Waals surface area (Å²) in [6.45, 7) is 0. The molecule has 1 aliphatic rings. The summed E-state index contributed by atoms with van der Waals surface area (Å²) in [7, 11) is 0. The van der Waals surface area contributed by atoms with Crippen LogP contribution >= 0.6 is 0 Å². The van der Waals surface area contributed by atoms with Gasteiger partial charge in [0.05, 0.1) is 11.6 Å². The molecule has 0 spiro atoms. The summed E-state index contributed by atoms with van der Waals surface area (Å²) in [4.78, 5) is 4.56. The molecule has 0 N–H and O–H groups in total. The molecule has 0 saturated heterocycles. The second kappa shape index (κ2) is 13.5. The molecular formula is C57H38N2. The Hall–Kier alpha value is -7.55. The Balaban J connectivity index is 0.976. The number of allylic oxidation sites excluding steroid dienone is 4. The molecule has 1 aliphatic carbocycles. The zero-order valence-corrected chi connectivity index (χ0v) is 32.4. The van der Waals surface area contributed by atoms with Gasteiger partial charge >= 0.3 is 0 Å². The molecule has 0 fully saturated rings. The monoisotopic (exact) mass is 750 g/mol. The third kappa shape index (κ3) is 5.30. The molecule has 2 heterocycles. The molecule has 276 valence electrons. The van der Waals surface area contributed by atoms with Crippen LogP contribution in [0.15, 0.2) is 213 Å². The first-order chi connectivity index (χ1) is 29.3. The van der Waals surface area contributed by atoms with Crippen molar-refractivity contribution in [1.82, 2.24) is 9.55 Å². The number of nitrogens with zero attached hydrogens (tertiary/aromatic N) is 2. The number of benzene rings is 9. The number of aromatic nitrogens is 2. The fourth-order valence-electron chi connectivity index (χ4n) is 9.97.